The van der Waals surface area contributed by atoms with E-state index >= 15 is 0 Å². The second kappa shape index (κ2) is 9.19. The first kappa shape index (κ1) is 19.6. The fourth-order valence-electron chi connectivity index (χ4n) is 4.06. The maximum Gasteiger partial charge on any atom is 0.137 e. The maximum atomic E-state index is 4.71. The lowest BCUT2D eigenvalue weighted by Gasteiger charge is -2.26. The fraction of sp³-hybridized carbons (Fsp3) is 0.360. The monoisotopic (exact) mass is 386 g/mol. The molecule has 29 heavy (non-hydrogen) atoms. The Hall–Kier alpha value is -2.72. The molecular formula is C25H30N4. The zero-order valence-electron chi connectivity index (χ0n) is 17.5. The molecule has 4 rings (SSSR count). The normalized spacial score (nSPS) is 14.7. The highest BCUT2D eigenvalue weighted by Crippen LogP contribution is 2.24. The number of nitrogens with zero attached hydrogens (tertiary/aromatic N) is 3. The molecule has 0 bridgehead atoms. The fourth-order valence-corrected chi connectivity index (χ4v) is 4.06. The van der Waals surface area contributed by atoms with Crippen molar-refractivity contribution in [3.63, 3.8) is 0 Å². The molecule has 0 amide bonds. The van der Waals surface area contributed by atoms with Crippen molar-refractivity contribution in [3.8, 4) is 0 Å². The number of anilines is 2. The Morgan fingerprint density at radius 2 is 1.55 bits per heavy atom. The topological polar surface area (TPSA) is 41.1 Å². The maximum absolute atomic E-state index is 4.71. The van der Waals surface area contributed by atoms with Crippen LogP contribution in [-0.2, 0) is 13.0 Å². The zero-order valence-corrected chi connectivity index (χ0v) is 17.5. The van der Waals surface area contributed by atoms with Crippen LogP contribution < -0.4 is 5.32 Å². The first-order chi connectivity index (χ1) is 14.2. The van der Waals surface area contributed by atoms with Crippen molar-refractivity contribution in [2.24, 2.45) is 0 Å². The zero-order chi connectivity index (χ0) is 20.1. The standard InChI is InChI=1S/C25H30N4/c1-19-24(17-21-9-5-3-6-10-21)25(27-20(2)26-19)28-23-13-11-22(12-14-23)18-29-15-7-4-8-16-29/h3,5-6,9-14H,4,7-8,15-18H2,1-2H3,(H,26,27,28). The largest absolute Gasteiger partial charge is 0.340 e. The molecule has 0 aliphatic carbocycles. The van der Waals surface area contributed by atoms with Crippen LogP contribution in [0.15, 0.2) is 54.6 Å². The molecule has 1 saturated heterocycles. The summed E-state index contributed by atoms with van der Waals surface area (Å²) in [5.74, 6) is 1.70. The van der Waals surface area contributed by atoms with Gasteiger partial charge in [-0.3, -0.25) is 4.90 Å². The van der Waals surface area contributed by atoms with Gasteiger partial charge in [-0.25, -0.2) is 9.97 Å². The Morgan fingerprint density at radius 3 is 2.28 bits per heavy atom. The summed E-state index contributed by atoms with van der Waals surface area (Å²) in [5, 5.41) is 3.54. The van der Waals surface area contributed by atoms with Gasteiger partial charge in [0.15, 0.2) is 0 Å². The number of benzene rings is 2. The van der Waals surface area contributed by atoms with Crippen LogP contribution in [0.5, 0.6) is 0 Å². The van der Waals surface area contributed by atoms with Crippen LogP contribution in [0.3, 0.4) is 0 Å². The van der Waals surface area contributed by atoms with Crippen molar-refractivity contribution in [1.82, 2.24) is 14.9 Å². The van der Waals surface area contributed by atoms with Gasteiger partial charge >= 0.3 is 0 Å². The van der Waals surface area contributed by atoms with Crippen molar-refractivity contribution >= 4 is 11.5 Å². The molecule has 2 heterocycles. The number of piperidine rings is 1. The molecule has 3 aromatic rings. The van der Waals surface area contributed by atoms with Crippen LogP contribution in [-0.4, -0.2) is 28.0 Å². The molecule has 2 aromatic carbocycles. The van der Waals surface area contributed by atoms with E-state index in [-0.39, 0.29) is 0 Å². The summed E-state index contributed by atoms with van der Waals surface area (Å²) in [5.41, 5.74) is 5.89. The predicted molar refractivity (Wildman–Crippen MR) is 120 cm³/mol. The average Bonchev–Trinajstić information content (AvgIpc) is 2.73. The van der Waals surface area contributed by atoms with Gasteiger partial charge in [-0.1, -0.05) is 48.9 Å². The van der Waals surface area contributed by atoms with E-state index in [1.165, 1.54) is 43.5 Å². The molecule has 0 saturated carbocycles. The van der Waals surface area contributed by atoms with Crippen molar-refractivity contribution in [3.05, 3.63) is 82.8 Å². The van der Waals surface area contributed by atoms with Gasteiger partial charge in [0.25, 0.3) is 0 Å². The van der Waals surface area contributed by atoms with Crippen molar-refractivity contribution in [2.45, 2.75) is 46.1 Å². The second-order valence-electron chi connectivity index (χ2n) is 8.00. The van der Waals surface area contributed by atoms with Gasteiger partial charge < -0.3 is 5.32 Å². The van der Waals surface area contributed by atoms with Gasteiger partial charge in [-0.2, -0.15) is 0 Å². The molecule has 0 radical (unpaired) electrons. The highest BCUT2D eigenvalue weighted by molar-refractivity contribution is 5.61. The van der Waals surface area contributed by atoms with Gasteiger partial charge in [0.05, 0.1) is 0 Å². The van der Waals surface area contributed by atoms with Crippen LogP contribution >= 0.6 is 0 Å². The third-order valence-corrected chi connectivity index (χ3v) is 5.62. The van der Waals surface area contributed by atoms with E-state index in [1.54, 1.807) is 0 Å². The molecule has 1 N–H and O–H groups in total. The van der Waals surface area contributed by atoms with Crippen LogP contribution in [0.4, 0.5) is 11.5 Å². The number of rotatable bonds is 6. The van der Waals surface area contributed by atoms with Gasteiger partial charge in [0.2, 0.25) is 0 Å². The number of hydrogen-bond donors (Lipinski definition) is 1. The Labute approximate surface area is 174 Å². The molecule has 4 heteroatoms. The van der Waals surface area contributed by atoms with Crippen LogP contribution in [0.2, 0.25) is 0 Å². The first-order valence-corrected chi connectivity index (χ1v) is 10.6. The van der Waals surface area contributed by atoms with E-state index in [0.717, 1.165) is 41.6 Å². The molecule has 4 nitrogen and oxygen atoms in total. The van der Waals surface area contributed by atoms with E-state index in [9.17, 15) is 0 Å². The van der Waals surface area contributed by atoms with E-state index in [2.05, 4.69) is 70.7 Å². The molecule has 1 aliphatic heterocycles. The molecule has 0 unspecified atom stereocenters. The predicted octanol–water partition coefficient (Wildman–Crippen LogP) is 5.41. The van der Waals surface area contributed by atoms with Gasteiger partial charge in [-0.05, 0) is 63.0 Å². The Morgan fingerprint density at radius 1 is 0.828 bits per heavy atom. The molecule has 1 fully saturated rings. The van der Waals surface area contributed by atoms with Gasteiger partial charge in [0.1, 0.15) is 11.6 Å². The summed E-state index contributed by atoms with van der Waals surface area (Å²) in [4.78, 5) is 11.9. The highest BCUT2D eigenvalue weighted by atomic mass is 15.1. The van der Waals surface area contributed by atoms with Crippen molar-refractivity contribution in [1.29, 1.82) is 0 Å². The number of hydrogen-bond acceptors (Lipinski definition) is 4. The molecule has 150 valence electrons. The molecule has 0 spiro atoms. The third kappa shape index (κ3) is 5.21. The number of nitrogens with one attached hydrogen (secondary N) is 1. The van der Waals surface area contributed by atoms with Gasteiger partial charge in [0, 0.05) is 29.9 Å². The Kier molecular flexibility index (Phi) is 6.20. The average molecular weight is 387 g/mol. The summed E-state index contributed by atoms with van der Waals surface area (Å²) in [6.07, 6.45) is 4.86. The SMILES string of the molecule is Cc1nc(C)c(Cc2ccccc2)c(Nc2ccc(CN3CCCCC3)cc2)n1. The summed E-state index contributed by atoms with van der Waals surface area (Å²) in [6.45, 7) is 7.52. The minimum absolute atomic E-state index is 0.795. The summed E-state index contributed by atoms with van der Waals surface area (Å²) in [6, 6.07) is 19.3. The highest BCUT2D eigenvalue weighted by Gasteiger charge is 2.13. The van der Waals surface area contributed by atoms with E-state index in [4.69, 9.17) is 4.98 Å². The Bertz CT molecular complexity index is 929. The minimum Gasteiger partial charge on any atom is -0.340 e. The van der Waals surface area contributed by atoms with Crippen LogP contribution in [0, 0.1) is 13.8 Å². The number of likely N-dealkylation sites (tertiary alicyclic amines) is 1. The molecule has 1 aromatic heterocycles. The smallest absolute Gasteiger partial charge is 0.137 e. The minimum atomic E-state index is 0.795. The van der Waals surface area contributed by atoms with Crippen LogP contribution in [0.25, 0.3) is 0 Å². The third-order valence-electron chi connectivity index (χ3n) is 5.62. The first-order valence-electron chi connectivity index (χ1n) is 10.6. The lowest BCUT2D eigenvalue weighted by atomic mass is 10.0. The van der Waals surface area contributed by atoms with E-state index in [1.807, 2.05) is 13.0 Å². The lowest BCUT2D eigenvalue weighted by molar-refractivity contribution is 0.221. The number of aromatic nitrogens is 2. The summed E-state index contributed by atoms with van der Waals surface area (Å²) in [7, 11) is 0. The molecular weight excluding hydrogens is 356 g/mol. The van der Waals surface area contributed by atoms with Crippen molar-refractivity contribution in [2.75, 3.05) is 18.4 Å². The summed E-state index contributed by atoms with van der Waals surface area (Å²) >= 11 is 0. The van der Waals surface area contributed by atoms with Crippen molar-refractivity contribution < 1.29 is 0 Å². The number of aryl methyl sites for hydroxylation is 2. The Balaban J connectivity index is 1.51. The quantitative estimate of drug-likeness (QED) is 0.615. The van der Waals surface area contributed by atoms with Gasteiger partial charge in [-0.15, -0.1) is 0 Å². The molecule has 1 aliphatic rings. The van der Waals surface area contributed by atoms with Crippen LogP contribution in [0.1, 0.15) is 47.5 Å². The second-order valence-corrected chi connectivity index (χ2v) is 8.00. The van der Waals surface area contributed by atoms with E-state index < -0.39 is 0 Å². The molecule has 0 atom stereocenters. The lowest BCUT2D eigenvalue weighted by Crippen LogP contribution is -2.29. The van der Waals surface area contributed by atoms with E-state index in [0.29, 0.717) is 0 Å². The summed E-state index contributed by atoms with van der Waals surface area (Å²) < 4.78 is 0.